The summed E-state index contributed by atoms with van der Waals surface area (Å²) in [5, 5.41) is 8.42. The summed E-state index contributed by atoms with van der Waals surface area (Å²) in [6.07, 6.45) is 2.16. The maximum absolute atomic E-state index is 10.9. The van der Waals surface area contributed by atoms with Crippen molar-refractivity contribution in [2.75, 3.05) is 6.54 Å². The lowest BCUT2D eigenvalue weighted by molar-refractivity contribution is -0.141. The Labute approximate surface area is 73.6 Å². The van der Waals surface area contributed by atoms with Crippen LogP contribution in [0, 0.1) is 0 Å². The molecule has 6 heteroatoms. The Bertz CT molecular complexity index is 279. The minimum atomic E-state index is -1.24. The fourth-order valence-electron chi connectivity index (χ4n) is 0.886. The first-order chi connectivity index (χ1) is 6.02. The number of hydrogen-bond donors (Lipinski definition) is 2. The number of carboxylic acid groups (broad SMARTS) is 1. The van der Waals surface area contributed by atoms with Gasteiger partial charge in [-0.05, 0) is 0 Å². The highest BCUT2D eigenvalue weighted by molar-refractivity contribution is 6.13. The van der Waals surface area contributed by atoms with Gasteiger partial charge in [0.25, 0.3) is 11.8 Å². The normalized spacial score (nSPS) is 18.1. The van der Waals surface area contributed by atoms with Crippen LogP contribution in [0.25, 0.3) is 0 Å². The number of carboxylic acids is 1. The second kappa shape index (κ2) is 3.36. The molecule has 0 aromatic carbocycles. The number of carbonyl (C=O) groups excluding carboxylic acids is 2. The monoisotopic (exact) mass is 184 g/mol. The number of hydrogen-bond acceptors (Lipinski definition) is 4. The number of nitrogens with two attached hydrogens (primary N) is 1. The van der Waals surface area contributed by atoms with Gasteiger partial charge in [0.1, 0.15) is 6.04 Å². The number of carbonyl (C=O) groups is 3. The molecular weight excluding hydrogens is 176 g/mol. The van der Waals surface area contributed by atoms with Crippen LogP contribution in [0.5, 0.6) is 0 Å². The number of amides is 2. The number of rotatable bonds is 3. The molecule has 1 heterocycles. The summed E-state index contributed by atoms with van der Waals surface area (Å²) in [6, 6.07) is -1.23. The Morgan fingerprint density at radius 1 is 1.46 bits per heavy atom. The van der Waals surface area contributed by atoms with Crippen LogP contribution in [-0.2, 0) is 14.4 Å². The first-order valence-electron chi connectivity index (χ1n) is 3.54. The molecule has 3 N–H and O–H groups in total. The summed E-state index contributed by atoms with van der Waals surface area (Å²) in [7, 11) is 0. The van der Waals surface area contributed by atoms with Crippen molar-refractivity contribution < 1.29 is 19.5 Å². The Hall–Kier alpha value is -1.69. The predicted octanol–water partition coefficient (Wildman–Crippen LogP) is -1.68. The molecule has 0 spiro atoms. The van der Waals surface area contributed by atoms with Crippen molar-refractivity contribution in [3.8, 4) is 0 Å². The Kier molecular flexibility index (Phi) is 2.43. The zero-order valence-electron chi connectivity index (χ0n) is 6.64. The maximum atomic E-state index is 10.9. The molecule has 1 rings (SSSR count). The Balaban J connectivity index is 2.60. The highest BCUT2D eigenvalue weighted by Crippen LogP contribution is 2.03. The van der Waals surface area contributed by atoms with E-state index in [1.165, 1.54) is 0 Å². The third kappa shape index (κ3) is 1.91. The average molecular weight is 184 g/mol. The minimum Gasteiger partial charge on any atom is -0.480 e. The molecule has 0 fully saturated rings. The number of nitrogens with zero attached hydrogens (tertiary/aromatic N) is 1. The molecule has 0 aromatic rings. The molecular formula is C7H8N2O4. The van der Waals surface area contributed by atoms with E-state index in [-0.39, 0.29) is 6.54 Å². The van der Waals surface area contributed by atoms with Gasteiger partial charge in [-0.1, -0.05) is 0 Å². The quantitative estimate of drug-likeness (QED) is 0.510. The third-order valence-electron chi connectivity index (χ3n) is 1.60. The largest absolute Gasteiger partial charge is 0.480 e. The van der Waals surface area contributed by atoms with Crippen molar-refractivity contribution in [3.05, 3.63) is 12.2 Å². The predicted molar refractivity (Wildman–Crippen MR) is 41.5 cm³/mol. The van der Waals surface area contributed by atoms with E-state index in [2.05, 4.69) is 0 Å². The maximum Gasteiger partial charge on any atom is 0.322 e. The van der Waals surface area contributed by atoms with E-state index in [4.69, 9.17) is 10.8 Å². The molecule has 1 unspecified atom stereocenters. The standard InChI is InChI=1S/C7H8N2O4/c8-4(7(12)13)3-9-5(10)1-2-6(9)11/h1-2,4H,3,8H2,(H,12,13). The SMILES string of the molecule is NC(CN1C(=O)C=CC1=O)C(=O)O. The van der Waals surface area contributed by atoms with Gasteiger partial charge in [-0.25, -0.2) is 0 Å². The smallest absolute Gasteiger partial charge is 0.322 e. The second-order valence-electron chi connectivity index (χ2n) is 2.57. The van der Waals surface area contributed by atoms with E-state index < -0.39 is 23.8 Å². The van der Waals surface area contributed by atoms with E-state index in [1.807, 2.05) is 0 Å². The number of imide groups is 1. The van der Waals surface area contributed by atoms with Crippen LogP contribution in [0.1, 0.15) is 0 Å². The van der Waals surface area contributed by atoms with Crippen LogP contribution in [0.15, 0.2) is 12.2 Å². The summed E-state index contributed by atoms with van der Waals surface area (Å²) in [5.74, 6) is -2.30. The van der Waals surface area contributed by atoms with Crippen molar-refractivity contribution >= 4 is 17.8 Å². The molecule has 1 atom stereocenters. The van der Waals surface area contributed by atoms with E-state index in [0.717, 1.165) is 17.1 Å². The van der Waals surface area contributed by atoms with Crippen LogP contribution in [-0.4, -0.2) is 40.4 Å². The fraction of sp³-hybridized carbons (Fsp3) is 0.286. The first kappa shape index (κ1) is 9.40. The van der Waals surface area contributed by atoms with Gasteiger partial charge in [-0.2, -0.15) is 0 Å². The van der Waals surface area contributed by atoms with Gasteiger partial charge in [-0.3, -0.25) is 19.3 Å². The summed E-state index contributed by atoms with van der Waals surface area (Å²) in [5.41, 5.74) is 5.15. The summed E-state index contributed by atoms with van der Waals surface area (Å²) >= 11 is 0. The molecule has 13 heavy (non-hydrogen) atoms. The van der Waals surface area contributed by atoms with E-state index in [1.54, 1.807) is 0 Å². The molecule has 0 radical (unpaired) electrons. The van der Waals surface area contributed by atoms with Gasteiger partial charge in [0.15, 0.2) is 0 Å². The lowest BCUT2D eigenvalue weighted by Gasteiger charge is -2.15. The van der Waals surface area contributed by atoms with Crippen molar-refractivity contribution in [2.24, 2.45) is 5.73 Å². The highest BCUT2D eigenvalue weighted by Gasteiger charge is 2.27. The molecule has 0 saturated heterocycles. The molecule has 0 aromatic heterocycles. The molecule has 2 amide bonds. The topological polar surface area (TPSA) is 101 Å². The van der Waals surface area contributed by atoms with Gasteiger partial charge in [-0.15, -0.1) is 0 Å². The molecule has 0 saturated carbocycles. The lowest BCUT2D eigenvalue weighted by Crippen LogP contribution is -2.45. The summed E-state index contributed by atoms with van der Waals surface area (Å²) in [4.78, 5) is 32.9. The fourth-order valence-corrected chi connectivity index (χ4v) is 0.886. The van der Waals surface area contributed by atoms with Gasteiger partial charge in [0.2, 0.25) is 0 Å². The zero-order chi connectivity index (χ0) is 10.0. The minimum absolute atomic E-state index is 0.292. The van der Waals surface area contributed by atoms with Crippen LogP contribution >= 0.6 is 0 Å². The van der Waals surface area contributed by atoms with Gasteiger partial charge < -0.3 is 10.8 Å². The highest BCUT2D eigenvalue weighted by atomic mass is 16.4. The third-order valence-corrected chi connectivity index (χ3v) is 1.60. The first-order valence-corrected chi connectivity index (χ1v) is 3.54. The molecule has 0 bridgehead atoms. The second-order valence-corrected chi connectivity index (χ2v) is 2.57. The Morgan fingerprint density at radius 2 is 1.92 bits per heavy atom. The molecule has 1 aliphatic heterocycles. The van der Waals surface area contributed by atoms with Crippen LogP contribution in [0.2, 0.25) is 0 Å². The van der Waals surface area contributed by atoms with E-state index >= 15 is 0 Å². The average Bonchev–Trinajstić information content (AvgIpc) is 2.35. The van der Waals surface area contributed by atoms with Crippen molar-refractivity contribution in [1.82, 2.24) is 4.90 Å². The van der Waals surface area contributed by atoms with Gasteiger partial charge in [0, 0.05) is 12.2 Å². The van der Waals surface area contributed by atoms with Crippen molar-refractivity contribution in [2.45, 2.75) is 6.04 Å². The van der Waals surface area contributed by atoms with Crippen LogP contribution in [0.4, 0.5) is 0 Å². The summed E-state index contributed by atoms with van der Waals surface area (Å²) in [6.45, 7) is -0.292. The molecule has 1 aliphatic rings. The molecule has 0 aliphatic carbocycles. The molecule has 6 nitrogen and oxygen atoms in total. The van der Waals surface area contributed by atoms with Crippen molar-refractivity contribution in [1.29, 1.82) is 0 Å². The van der Waals surface area contributed by atoms with Gasteiger partial charge >= 0.3 is 5.97 Å². The summed E-state index contributed by atoms with van der Waals surface area (Å²) < 4.78 is 0. The van der Waals surface area contributed by atoms with Crippen LogP contribution < -0.4 is 5.73 Å². The zero-order valence-corrected chi connectivity index (χ0v) is 6.64. The van der Waals surface area contributed by atoms with Gasteiger partial charge in [0.05, 0.1) is 6.54 Å². The number of aliphatic carboxylic acids is 1. The van der Waals surface area contributed by atoms with E-state index in [0.29, 0.717) is 0 Å². The molecule has 70 valence electrons. The van der Waals surface area contributed by atoms with Crippen molar-refractivity contribution in [3.63, 3.8) is 0 Å². The van der Waals surface area contributed by atoms with Crippen LogP contribution in [0.3, 0.4) is 0 Å². The lowest BCUT2D eigenvalue weighted by atomic mass is 10.3. The van der Waals surface area contributed by atoms with E-state index in [9.17, 15) is 14.4 Å². The Morgan fingerprint density at radius 3 is 2.31 bits per heavy atom.